The van der Waals surface area contributed by atoms with Crippen LogP contribution in [0, 0.1) is 12.7 Å². The highest BCUT2D eigenvalue weighted by atomic mass is 32.2. The van der Waals surface area contributed by atoms with E-state index in [0.29, 0.717) is 22.5 Å². The minimum absolute atomic E-state index is 0.000104. The first kappa shape index (κ1) is 19.9. The van der Waals surface area contributed by atoms with Gasteiger partial charge in [0.15, 0.2) is 11.0 Å². The van der Waals surface area contributed by atoms with Crippen molar-refractivity contribution in [1.29, 1.82) is 0 Å². The van der Waals surface area contributed by atoms with Gasteiger partial charge < -0.3 is 9.88 Å². The number of imidazole rings is 1. The molecule has 0 unspecified atom stereocenters. The number of alkyl halides is 2. The van der Waals surface area contributed by atoms with Crippen LogP contribution in [0.5, 0.6) is 0 Å². The van der Waals surface area contributed by atoms with Crippen molar-refractivity contribution in [2.75, 3.05) is 5.32 Å². The molecule has 154 valence electrons. The summed E-state index contributed by atoms with van der Waals surface area (Å²) in [6.07, 6.45) is 0. The van der Waals surface area contributed by atoms with Crippen molar-refractivity contribution in [1.82, 2.24) is 29.8 Å². The minimum Gasteiger partial charge on any atom is -0.322 e. The Hall–Kier alpha value is -3.41. The molecule has 0 atom stereocenters. The lowest BCUT2D eigenvalue weighted by Gasteiger charge is -2.11. The molecule has 4 rings (SSSR count). The lowest BCUT2D eigenvalue weighted by atomic mass is 10.2. The van der Waals surface area contributed by atoms with Gasteiger partial charge in [0.05, 0.1) is 22.4 Å². The van der Waals surface area contributed by atoms with Crippen molar-refractivity contribution in [2.45, 2.75) is 24.4 Å². The number of nitrogens with one attached hydrogen (secondary N) is 1. The van der Waals surface area contributed by atoms with Crippen LogP contribution in [0.3, 0.4) is 0 Å². The van der Waals surface area contributed by atoms with Gasteiger partial charge in [0, 0.05) is 0 Å². The Bertz CT molecular complexity index is 1220. The van der Waals surface area contributed by atoms with E-state index in [2.05, 4.69) is 25.8 Å². The van der Waals surface area contributed by atoms with Crippen LogP contribution < -0.4 is 5.32 Å². The molecule has 2 aromatic carbocycles. The molecule has 0 aliphatic heterocycles. The number of carbonyl (C=O) groups is 1. The maximum Gasteiger partial charge on any atom is 0.291 e. The summed E-state index contributed by atoms with van der Waals surface area (Å²) in [7, 11) is 0. The highest BCUT2D eigenvalue weighted by molar-refractivity contribution is 7.99. The van der Waals surface area contributed by atoms with Gasteiger partial charge in [-0.15, -0.1) is 5.10 Å². The minimum atomic E-state index is -2.70. The highest BCUT2D eigenvalue weighted by Crippen LogP contribution is 2.28. The first-order chi connectivity index (χ1) is 14.4. The lowest BCUT2D eigenvalue weighted by Crippen LogP contribution is -2.20. The Kier molecular flexibility index (Phi) is 5.40. The van der Waals surface area contributed by atoms with E-state index in [0.717, 1.165) is 0 Å². The molecule has 0 aliphatic carbocycles. The van der Waals surface area contributed by atoms with Gasteiger partial charge in [0.1, 0.15) is 12.4 Å². The largest absolute Gasteiger partial charge is 0.322 e. The molecular formula is C18H14F3N7OS. The van der Waals surface area contributed by atoms with Gasteiger partial charge in [0.25, 0.3) is 5.76 Å². The summed E-state index contributed by atoms with van der Waals surface area (Å²) in [5.74, 6) is -3.47. The number of nitrogens with zero attached hydrogens (tertiary/aromatic N) is 6. The summed E-state index contributed by atoms with van der Waals surface area (Å²) in [6, 6.07) is 10.8. The SMILES string of the molecule is Cc1nnnn1-c1ccc(F)c(NC(=O)Cn2c(SC(F)F)nc3ccccc32)c1. The number of anilines is 1. The summed E-state index contributed by atoms with van der Waals surface area (Å²) in [6.45, 7) is 1.36. The monoisotopic (exact) mass is 433 g/mol. The number of rotatable bonds is 6. The average Bonchev–Trinajstić information content (AvgIpc) is 3.27. The standard InChI is InChI=1S/C18H14F3N7OS/c1-10-24-25-26-28(10)11-6-7-12(19)14(8-11)22-16(29)9-27-15-5-3-2-4-13(15)23-18(27)30-17(20)21/h2-8,17H,9H2,1H3,(H,22,29). The van der Waals surface area contributed by atoms with Crippen LogP contribution in [0.2, 0.25) is 0 Å². The van der Waals surface area contributed by atoms with Gasteiger partial charge in [-0.3, -0.25) is 4.79 Å². The molecule has 2 aromatic heterocycles. The van der Waals surface area contributed by atoms with E-state index >= 15 is 0 Å². The highest BCUT2D eigenvalue weighted by Gasteiger charge is 2.18. The number of hydrogen-bond donors (Lipinski definition) is 1. The van der Waals surface area contributed by atoms with E-state index in [-0.39, 0.29) is 29.2 Å². The molecule has 4 aromatic rings. The maximum absolute atomic E-state index is 14.3. The number of aryl methyl sites for hydroxylation is 1. The smallest absolute Gasteiger partial charge is 0.291 e. The van der Waals surface area contributed by atoms with Crippen molar-refractivity contribution in [2.24, 2.45) is 0 Å². The Balaban J connectivity index is 1.61. The number of aromatic nitrogens is 6. The van der Waals surface area contributed by atoms with E-state index in [1.54, 1.807) is 31.2 Å². The first-order valence-corrected chi connectivity index (χ1v) is 9.55. The van der Waals surface area contributed by atoms with Crippen molar-refractivity contribution in [3.05, 3.63) is 54.1 Å². The number of para-hydroxylation sites is 2. The number of fused-ring (bicyclic) bond motifs is 1. The second-order valence-corrected chi connectivity index (χ2v) is 7.16. The molecule has 2 heterocycles. The number of amides is 1. The third-order valence-electron chi connectivity index (χ3n) is 4.21. The van der Waals surface area contributed by atoms with E-state index in [9.17, 15) is 18.0 Å². The molecule has 0 aliphatic rings. The predicted molar refractivity (Wildman–Crippen MR) is 104 cm³/mol. The fraction of sp³-hybridized carbons (Fsp3) is 0.167. The zero-order chi connectivity index (χ0) is 21.3. The predicted octanol–water partition coefficient (Wildman–Crippen LogP) is 3.41. The molecule has 1 N–H and O–H groups in total. The maximum atomic E-state index is 14.3. The second kappa shape index (κ2) is 8.14. The summed E-state index contributed by atoms with van der Waals surface area (Å²) >= 11 is 0.243. The van der Waals surface area contributed by atoms with Crippen molar-refractivity contribution < 1.29 is 18.0 Å². The third-order valence-corrected chi connectivity index (χ3v) is 4.91. The van der Waals surface area contributed by atoms with Crippen LogP contribution in [-0.2, 0) is 11.3 Å². The van der Waals surface area contributed by atoms with Gasteiger partial charge in [0.2, 0.25) is 5.91 Å². The lowest BCUT2D eigenvalue weighted by molar-refractivity contribution is -0.116. The zero-order valence-corrected chi connectivity index (χ0v) is 16.3. The van der Waals surface area contributed by atoms with Crippen LogP contribution in [0.4, 0.5) is 18.9 Å². The summed E-state index contributed by atoms with van der Waals surface area (Å²) in [5, 5.41) is 13.6. The van der Waals surface area contributed by atoms with Crippen LogP contribution >= 0.6 is 11.8 Å². The van der Waals surface area contributed by atoms with Gasteiger partial charge in [-0.05, 0) is 59.4 Å². The second-order valence-electron chi connectivity index (χ2n) is 6.20. The molecular weight excluding hydrogens is 419 g/mol. The van der Waals surface area contributed by atoms with Gasteiger partial charge in [-0.25, -0.2) is 9.37 Å². The Labute approximate surface area is 172 Å². The van der Waals surface area contributed by atoms with E-state index in [1.165, 1.54) is 27.4 Å². The van der Waals surface area contributed by atoms with Crippen LogP contribution in [0.15, 0.2) is 47.6 Å². The van der Waals surface area contributed by atoms with Gasteiger partial charge in [-0.1, -0.05) is 12.1 Å². The van der Waals surface area contributed by atoms with Crippen LogP contribution in [0.25, 0.3) is 16.7 Å². The molecule has 0 spiro atoms. The fourth-order valence-electron chi connectivity index (χ4n) is 2.92. The van der Waals surface area contributed by atoms with Gasteiger partial charge in [-0.2, -0.15) is 13.5 Å². The van der Waals surface area contributed by atoms with Crippen LogP contribution in [-0.4, -0.2) is 41.4 Å². The summed E-state index contributed by atoms with van der Waals surface area (Å²) in [4.78, 5) is 16.8. The van der Waals surface area contributed by atoms with E-state index < -0.39 is 17.5 Å². The van der Waals surface area contributed by atoms with Gasteiger partial charge >= 0.3 is 0 Å². The molecule has 8 nitrogen and oxygen atoms in total. The average molecular weight is 433 g/mol. The van der Waals surface area contributed by atoms with Crippen molar-refractivity contribution in [3.8, 4) is 5.69 Å². The Morgan fingerprint density at radius 3 is 2.77 bits per heavy atom. The molecule has 0 saturated heterocycles. The molecule has 0 fully saturated rings. The quantitative estimate of drug-likeness (QED) is 0.469. The zero-order valence-electron chi connectivity index (χ0n) is 15.5. The summed E-state index contributed by atoms with van der Waals surface area (Å²) < 4.78 is 42.8. The first-order valence-electron chi connectivity index (χ1n) is 8.67. The molecule has 0 bridgehead atoms. The topological polar surface area (TPSA) is 90.5 Å². The Morgan fingerprint density at radius 1 is 1.23 bits per heavy atom. The number of carbonyl (C=O) groups excluding carboxylic acids is 1. The van der Waals surface area contributed by atoms with Crippen molar-refractivity contribution in [3.63, 3.8) is 0 Å². The number of hydrogen-bond acceptors (Lipinski definition) is 6. The summed E-state index contributed by atoms with van der Waals surface area (Å²) in [5.41, 5.74) is 1.38. The fourth-order valence-corrected chi connectivity index (χ4v) is 3.52. The third kappa shape index (κ3) is 3.99. The van der Waals surface area contributed by atoms with Crippen LogP contribution in [0.1, 0.15) is 5.82 Å². The molecule has 12 heteroatoms. The number of halogens is 3. The molecule has 0 saturated carbocycles. The number of benzene rings is 2. The van der Waals surface area contributed by atoms with Crippen molar-refractivity contribution >= 4 is 34.4 Å². The molecule has 0 radical (unpaired) electrons. The van der Waals surface area contributed by atoms with E-state index in [1.807, 2.05) is 0 Å². The Morgan fingerprint density at radius 2 is 2.03 bits per heavy atom. The normalized spacial score (nSPS) is 11.4. The number of tetrazole rings is 1. The number of thioether (sulfide) groups is 1. The van der Waals surface area contributed by atoms with E-state index in [4.69, 9.17) is 0 Å². The molecule has 30 heavy (non-hydrogen) atoms. The molecule has 1 amide bonds.